The third-order valence-electron chi connectivity index (χ3n) is 3.10. The molecule has 1 aromatic heterocycles. The predicted octanol–water partition coefficient (Wildman–Crippen LogP) is 0.781. The molecule has 2 heterocycles. The number of fused-ring (bicyclic) bond motifs is 1. The molecule has 0 aliphatic carbocycles. The fourth-order valence-electron chi connectivity index (χ4n) is 2.16. The van der Waals surface area contributed by atoms with Gasteiger partial charge in [0.1, 0.15) is 5.70 Å². The fraction of sp³-hybridized carbons (Fsp3) is 0.0769. The average Bonchev–Trinajstić information content (AvgIpc) is 2.80. The van der Waals surface area contributed by atoms with Crippen LogP contribution in [0.5, 0.6) is 0 Å². The first-order valence-electron chi connectivity index (χ1n) is 5.84. The van der Waals surface area contributed by atoms with Crippen molar-refractivity contribution in [2.24, 2.45) is 5.73 Å². The number of rotatable bonds is 2. The molecule has 0 spiro atoms. The van der Waals surface area contributed by atoms with Crippen molar-refractivity contribution in [2.45, 2.75) is 6.92 Å². The number of nitrogens with two attached hydrogens (primary N) is 1. The number of hydrogen-bond acceptors (Lipinski definition) is 5. The molecule has 2 aromatic rings. The van der Waals surface area contributed by atoms with Gasteiger partial charge in [-0.15, -0.1) is 5.53 Å². The standard InChI is InChI=1S/C13H13N5O/c1-8-12(13(14)19)16-17-18(8)11-6-2-5-10-9(11)4-3-7-15-10/h2-7,16-17H,1H3,(H2,14,19). The van der Waals surface area contributed by atoms with E-state index < -0.39 is 5.91 Å². The molecule has 3 rings (SSSR count). The zero-order valence-corrected chi connectivity index (χ0v) is 10.3. The highest BCUT2D eigenvalue weighted by Crippen LogP contribution is 2.28. The molecule has 96 valence electrons. The quantitative estimate of drug-likeness (QED) is 0.738. The lowest BCUT2D eigenvalue weighted by molar-refractivity contribution is -0.114. The molecule has 1 aromatic carbocycles. The summed E-state index contributed by atoms with van der Waals surface area (Å²) in [4.78, 5) is 15.6. The zero-order chi connectivity index (χ0) is 13.4. The summed E-state index contributed by atoms with van der Waals surface area (Å²) in [6.45, 7) is 1.82. The number of amides is 1. The van der Waals surface area contributed by atoms with Gasteiger partial charge >= 0.3 is 0 Å². The lowest BCUT2D eigenvalue weighted by Gasteiger charge is -2.20. The Labute approximate surface area is 109 Å². The lowest BCUT2D eigenvalue weighted by atomic mass is 10.1. The molecule has 19 heavy (non-hydrogen) atoms. The van der Waals surface area contributed by atoms with Crippen molar-refractivity contribution in [3.8, 4) is 0 Å². The van der Waals surface area contributed by atoms with Gasteiger partial charge in [0.15, 0.2) is 0 Å². The van der Waals surface area contributed by atoms with Gasteiger partial charge in [0.05, 0.1) is 16.9 Å². The highest BCUT2D eigenvalue weighted by atomic mass is 16.1. The molecule has 6 nitrogen and oxygen atoms in total. The number of anilines is 1. The van der Waals surface area contributed by atoms with E-state index >= 15 is 0 Å². The minimum absolute atomic E-state index is 0.362. The van der Waals surface area contributed by atoms with Gasteiger partial charge in [-0.3, -0.25) is 20.2 Å². The van der Waals surface area contributed by atoms with Crippen LogP contribution in [-0.2, 0) is 4.79 Å². The van der Waals surface area contributed by atoms with Crippen LogP contribution >= 0.6 is 0 Å². The van der Waals surface area contributed by atoms with Crippen LogP contribution in [0.15, 0.2) is 47.9 Å². The molecule has 1 aliphatic rings. The second kappa shape index (κ2) is 4.25. The van der Waals surface area contributed by atoms with Crippen molar-refractivity contribution in [1.82, 2.24) is 15.9 Å². The van der Waals surface area contributed by atoms with E-state index in [9.17, 15) is 4.79 Å². The Morgan fingerprint density at radius 2 is 2.16 bits per heavy atom. The van der Waals surface area contributed by atoms with E-state index in [1.807, 2.05) is 37.3 Å². The summed E-state index contributed by atoms with van der Waals surface area (Å²) in [5.41, 5.74) is 13.9. The maximum Gasteiger partial charge on any atom is 0.268 e. The second-order valence-electron chi connectivity index (χ2n) is 4.24. The lowest BCUT2D eigenvalue weighted by Crippen LogP contribution is -2.39. The number of primary amides is 1. The smallest absolute Gasteiger partial charge is 0.268 e. The maximum absolute atomic E-state index is 11.3. The molecule has 1 aliphatic heterocycles. The first kappa shape index (κ1) is 11.5. The van der Waals surface area contributed by atoms with E-state index in [0.29, 0.717) is 5.70 Å². The van der Waals surface area contributed by atoms with Gasteiger partial charge in [0, 0.05) is 11.6 Å². The Bertz CT molecular complexity index is 689. The first-order chi connectivity index (χ1) is 9.18. The second-order valence-corrected chi connectivity index (χ2v) is 4.24. The summed E-state index contributed by atoms with van der Waals surface area (Å²) in [6.07, 6.45) is 1.75. The number of nitrogens with one attached hydrogen (secondary N) is 2. The van der Waals surface area contributed by atoms with Crippen molar-refractivity contribution in [3.05, 3.63) is 47.9 Å². The number of hydrazine groups is 2. The minimum Gasteiger partial charge on any atom is -0.364 e. The Hall–Kier alpha value is -2.60. The van der Waals surface area contributed by atoms with Crippen LogP contribution in [0, 0.1) is 0 Å². The van der Waals surface area contributed by atoms with Gasteiger partial charge in [0.25, 0.3) is 5.91 Å². The van der Waals surface area contributed by atoms with Crippen LogP contribution in [0.4, 0.5) is 5.69 Å². The number of hydrogen-bond donors (Lipinski definition) is 3. The number of pyridine rings is 1. The van der Waals surface area contributed by atoms with Gasteiger partial charge in [0.2, 0.25) is 0 Å². The molecular formula is C13H13N5O. The summed E-state index contributed by atoms with van der Waals surface area (Å²) in [5.74, 6) is -0.495. The van der Waals surface area contributed by atoms with Crippen molar-refractivity contribution in [3.63, 3.8) is 0 Å². The summed E-state index contributed by atoms with van der Waals surface area (Å²) < 4.78 is 0. The molecule has 0 bridgehead atoms. The molecule has 0 saturated heterocycles. The van der Waals surface area contributed by atoms with Crippen molar-refractivity contribution < 1.29 is 4.79 Å². The molecule has 0 saturated carbocycles. The number of aromatic nitrogens is 1. The molecule has 6 heteroatoms. The van der Waals surface area contributed by atoms with Crippen molar-refractivity contribution in [1.29, 1.82) is 0 Å². The molecule has 4 N–H and O–H groups in total. The molecule has 0 fully saturated rings. The molecule has 1 amide bonds. The number of carbonyl (C=O) groups excluding carboxylic acids is 1. The molecule has 0 radical (unpaired) electrons. The van der Waals surface area contributed by atoms with E-state index in [4.69, 9.17) is 5.73 Å². The van der Waals surface area contributed by atoms with Gasteiger partial charge < -0.3 is 5.73 Å². The summed E-state index contributed by atoms with van der Waals surface area (Å²) in [6, 6.07) is 9.67. The van der Waals surface area contributed by atoms with Gasteiger partial charge in [-0.05, 0) is 31.2 Å². The maximum atomic E-state index is 11.3. The summed E-state index contributed by atoms with van der Waals surface area (Å²) in [5, 5.41) is 2.77. The first-order valence-corrected chi connectivity index (χ1v) is 5.84. The van der Waals surface area contributed by atoms with Crippen LogP contribution in [0.1, 0.15) is 6.92 Å². The van der Waals surface area contributed by atoms with Crippen molar-refractivity contribution in [2.75, 3.05) is 5.01 Å². The Morgan fingerprint density at radius 1 is 1.32 bits per heavy atom. The van der Waals surface area contributed by atoms with Crippen LogP contribution in [0.25, 0.3) is 10.9 Å². The Balaban J connectivity index is 2.14. The molecular weight excluding hydrogens is 242 g/mol. The van der Waals surface area contributed by atoms with Gasteiger partial charge in [-0.1, -0.05) is 6.07 Å². The Kier molecular flexibility index (Phi) is 2.57. The van der Waals surface area contributed by atoms with Crippen LogP contribution < -0.4 is 21.7 Å². The Morgan fingerprint density at radius 3 is 2.89 bits per heavy atom. The molecule has 0 unspecified atom stereocenters. The number of benzene rings is 1. The highest BCUT2D eigenvalue weighted by Gasteiger charge is 2.24. The van der Waals surface area contributed by atoms with E-state index in [0.717, 1.165) is 22.3 Å². The van der Waals surface area contributed by atoms with Gasteiger partial charge in [-0.2, -0.15) is 0 Å². The van der Waals surface area contributed by atoms with Crippen LogP contribution in [0.2, 0.25) is 0 Å². The topological polar surface area (TPSA) is 83.3 Å². The predicted molar refractivity (Wildman–Crippen MR) is 72.4 cm³/mol. The van der Waals surface area contributed by atoms with Crippen LogP contribution in [-0.4, -0.2) is 10.9 Å². The summed E-state index contributed by atoms with van der Waals surface area (Å²) in [7, 11) is 0. The average molecular weight is 255 g/mol. The van der Waals surface area contributed by atoms with E-state index in [1.165, 1.54) is 0 Å². The van der Waals surface area contributed by atoms with E-state index in [2.05, 4.69) is 15.9 Å². The minimum atomic E-state index is -0.495. The third kappa shape index (κ3) is 1.78. The number of carbonyl (C=O) groups is 1. The van der Waals surface area contributed by atoms with Crippen molar-refractivity contribution >= 4 is 22.5 Å². The SMILES string of the molecule is CC1=C(C(N)=O)NNN1c1cccc2ncccc12. The number of allylic oxidation sites excluding steroid dienone is 1. The van der Waals surface area contributed by atoms with Crippen LogP contribution in [0.3, 0.4) is 0 Å². The normalized spacial score (nSPS) is 14.9. The largest absolute Gasteiger partial charge is 0.364 e. The zero-order valence-electron chi connectivity index (χ0n) is 10.3. The van der Waals surface area contributed by atoms with Gasteiger partial charge in [-0.25, -0.2) is 0 Å². The highest BCUT2D eigenvalue weighted by molar-refractivity contribution is 5.96. The van der Waals surface area contributed by atoms with E-state index in [1.54, 1.807) is 11.2 Å². The monoisotopic (exact) mass is 255 g/mol. The summed E-state index contributed by atoms with van der Waals surface area (Å²) >= 11 is 0. The third-order valence-corrected chi connectivity index (χ3v) is 3.10. The number of nitrogens with zero attached hydrogens (tertiary/aromatic N) is 2. The fourth-order valence-corrected chi connectivity index (χ4v) is 2.16. The van der Waals surface area contributed by atoms with E-state index in [-0.39, 0.29) is 0 Å². The molecule has 0 atom stereocenters.